The molecule has 7 heteroatoms. The Balaban J connectivity index is 3.78. The van der Waals surface area contributed by atoms with Crippen molar-refractivity contribution in [2.45, 2.75) is 0 Å². The number of benzene rings is 1. The largest absolute Gasteiger partial charge is 0.478 e. The molecule has 0 unspecified atom stereocenters. The van der Waals surface area contributed by atoms with E-state index in [-0.39, 0.29) is 0 Å². The van der Waals surface area contributed by atoms with E-state index in [0.29, 0.717) is 0 Å². The van der Waals surface area contributed by atoms with Gasteiger partial charge in [-0.25, -0.2) is 22.4 Å². The summed E-state index contributed by atoms with van der Waals surface area (Å²) in [6, 6.07) is 0. The Morgan fingerprint density at radius 1 is 1.00 bits per heavy atom. The summed E-state index contributed by atoms with van der Waals surface area (Å²) in [5.41, 5.74) is -2.89. The Morgan fingerprint density at radius 3 is 1.87 bits per heavy atom. The van der Waals surface area contributed by atoms with Crippen LogP contribution in [0.2, 0.25) is 0 Å². The van der Waals surface area contributed by atoms with Crippen LogP contribution in [0.5, 0.6) is 0 Å². The van der Waals surface area contributed by atoms with Gasteiger partial charge in [-0.1, -0.05) is 0 Å². The van der Waals surface area contributed by atoms with Crippen LogP contribution in [0.15, 0.2) is 0 Å². The standard InChI is InChI=1S/C8H2F4O3/c9-4-2(1-13)3(8(14)15)5(10)7(12)6(4)11/h1H,(H,14,15). The molecule has 3 nitrogen and oxygen atoms in total. The highest BCUT2D eigenvalue weighted by atomic mass is 19.2. The van der Waals surface area contributed by atoms with E-state index in [1.807, 2.05) is 0 Å². The van der Waals surface area contributed by atoms with Crippen LogP contribution in [0.1, 0.15) is 20.7 Å². The predicted molar refractivity (Wildman–Crippen MR) is 38.6 cm³/mol. The number of hydrogen-bond donors (Lipinski definition) is 1. The van der Waals surface area contributed by atoms with Crippen molar-refractivity contribution in [2.75, 3.05) is 0 Å². The van der Waals surface area contributed by atoms with E-state index in [1.165, 1.54) is 0 Å². The summed E-state index contributed by atoms with van der Waals surface area (Å²) in [5.74, 6) is -10.7. The average Bonchev–Trinajstić information content (AvgIpc) is 2.19. The quantitative estimate of drug-likeness (QED) is 0.359. The fourth-order valence-electron chi connectivity index (χ4n) is 0.968. The Labute approximate surface area is 79.9 Å². The van der Waals surface area contributed by atoms with Crippen molar-refractivity contribution in [3.63, 3.8) is 0 Å². The van der Waals surface area contributed by atoms with Crippen LogP contribution >= 0.6 is 0 Å². The molecule has 0 saturated carbocycles. The van der Waals surface area contributed by atoms with Crippen LogP contribution in [0.4, 0.5) is 17.6 Å². The Bertz CT molecular complexity index is 456. The molecule has 1 aromatic rings. The molecular weight excluding hydrogens is 220 g/mol. The third-order valence-electron chi connectivity index (χ3n) is 1.64. The van der Waals surface area contributed by atoms with Crippen molar-refractivity contribution in [1.82, 2.24) is 0 Å². The Hall–Kier alpha value is -1.92. The van der Waals surface area contributed by atoms with Crippen LogP contribution in [-0.2, 0) is 0 Å². The molecule has 0 aliphatic heterocycles. The van der Waals surface area contributed by atoms with Crippen LogP contribution in [-0.4, -0.2) is 17.4 Å². The number of carboxylic acid groups (broad SMARTS) is 1. The first-order chi connectivity index (χ1) is 6.91. The molecule has 0 bridgehead atoms. The van der Waals surface area contributed by atoms with Crippen molar-refractivity contribution >= 4 is 12.3 Å². The van der Waals surface area contributed by atoms with Crippen molar-refractivity contribution in [3.8, 4) is 0 Å². The molecule has 0 saturated heterocycles. The second-order valence-corrected chi connectivity index (χ2v) is 2.47. The van der Waals surface area contributed by atoms with Crippen LogP contribution in [0.3, 0.4) is 0 Å². The lowest BCUT2D eigenvalue weighted by atomic mass is 10.1. The van der Waals surface area contributed by atoms with Crippen molar-refractivity contribution < 1.29 is 32.3 Å². The van der Waals surface area contributed by atoms with Gasteiger partial charge < -0.3 is 5.11 Å². The number of carboxylic acids is 1. The highest BCUT2D eigenvalue weighted by Crippen LogP contribution is 2.22. The van der Waals surface area contributed by atoms with E-state index >= 15 is 0 Å². The summed E-state index contributed by atoms with van der Waals surface area (Å²) in [7, 11) is 0. The number of rotatable bonds is 2. The molecule has 0 aromatic heterocycles. The first-order valence-electron chi connectivity index (χ1n) is 3.46. The maximum absolute atomic E-state index is 12.8. The van der Waals surface area contributed by atoms with E-state index in [0.717, 1.165) is 0 Å². The van der Waals surface area contributed by atoms with Gasteiger partial charge in [-0.2, -0.15) is 0 Å². The van der Waals surface area contributed by atoms with E-state index in [1.54, 1.807) is 0 Å². The molecule has 0 aliphatic carbocycles. The van der Waals surface area contributed by atoms with Gasteiger partial charge in [-0.05, 0) is 0 Å². The van der Waals surface area contributed by atoms with Gasteiger partial charge in [-0.3, -0.25) is 4.79 Å². The van der Waals surface area contributed by atoms with E-state index in [2.05, 4.69) is 0 Å². The zero-order chi connectivity index (χ0) is 11.7. The maximum atomic E-state index is 12.8. The van der Waals surface area contributed by atoms with Gasteiger partial charge in [0.1, 0.15) is 5.56 Å². The van der Waals surface area contributed by atoms with Gasteiger partial charge in [0.25, 0.3) is 0 Å². The van der Waals surface area contributed by atoms with Gasteiger partial charge in [0.05, 0.1) is 5.56 Å². The number of carbonyl (C=O) groups excluding carboxylic acids is 1. The van der Waals surface area contributed by atoms with Crippen LogP contribution in [0, 0.1) is 23.3 Å². The van der Waals surface area contributed by atoms with Crippen molar-refractivity contribution in [2.24, 2.45) is 0 Å². The Morgan fingerprint density at radius 2 is 1.47 bits per heavy atom. The first-order valence-corrected chi connectivity index (χ1v) is 3.46. The molecular formula is C8H2F4O3. The smallest absolute Gasteiger partial charge is 0.339 e. The predicted octanol–water partition coefficient (Wildman–Crippen LogP) is 1.75. The minimum absolute atomic E-state index is 0.398. The molecule has 0 heterocycles. The zero-order valence-electron chi connectivity index (χ0n) is 6.85. The molecule has 0 radical (unpaired) electrons. The molecule has 0 fully saturated rings. The molecule has 1 N–H and O–H groups in total. The second kappa shape index (κ2) is 3.68. The number of aldehydes is 1. The summed E-state index contributed by atoms with van der Waals surface area (Å²) >= 11 is 0. The van der Waals surface area contributed by atoms with Gasteiger partial charge in [0.15, 0.2) is 29.6 Å². The maximum Gasteiger partial charge on any atom is 0.339 e. The fourth-order valence-corrected chi connectivity index (χ4v) is 0.968. The van der Waals surface area contributed by atoms with Gasteiger partial charge >= 0.3 is 5.97 Å². The molecule has 0 aliphatic rings. The molecule has 80 valence electrons. The van der Waals surface area contributed by atoms with Crippen molar-refractivity contribution in [3.05, 3.63) is 34.4 Å². The Kier molecular flexibility index (Phi) is 2.74. The molecule has 1 rings (SSSR count). The lowest BCUT2D eigenvalue weighted by molar-refractivity contribution is 0.0686. The molecule has 1 aromatic carbocycles. The fraction of sp³-hybridized carbons (Fsp3) is 0. The molecule has 0 amide bonds. The minimum atomic E-state index is -2.27. The minimum Gasteiger partial charge on any atom is -0.478 e. The zero-order valence-corrected chi connectivity index (χ0v) is 6.85. The highest BCUT2D eigenvalue weighted by Gasteiger charge is 2.28. The molecule has 0 spiro atoms. The van der Waals surface area contributed by atoms with Crippen LogP contribution < -0.4 is 0 Å². The monoisotopic (exact) mass is 222 g/mol. The summed E-state index contributed by atoms with van der Waals surface area (Å²) in [6.07, 6.45) is -0.398. The third kappa shape index (κ3) is 1.56. The van der Waals surface area contributed by atoms with E-state index < -0.39 is 46.7 Å². The van der Waals surface area contributed by atoms with Crippen LogP contribution in [0.25, 0.3) is 0 Å². The number of halogens is 4. The van der Waals surface area contributed by atoms with Gasteiger partial charge in [-0.15, -0.1) is 0 Å². The van der Waals surface area contributed by atoms with Gasteiger partial charge in [0, 0.05) is 0 Å². The molecule has 0 atom stereocenters. The molecule has 15 heavy (non-hydrogen) atoms. The summed E-state index contributed by atoms with van der Waals surface area (Å²) in [4.78, 5) is 20.6. The normalized spacial score (nSPS) is 10.1. The summed E-state index contributed by atoms with van der Waals surface area (Å²) in [6.45, 7) is 0. The van der Waals surface area contributed by atoms with Crippen molar-refractivity contribution in [1.29, 1.82) is 0 Å². The lowest BCUT2D eigenvalue weighted by Crippen LogP contribution is -2.12. The summed E-state index contributed by atoms with van der Waals surface area (Å²) in [5, 5.41) is 8.36. The highest BCUT2D eigenvalue weighted by molar-refractivity contribution is 5.97. The van der Waals surface area contributed by atoms with E-state index in [4.69, 9.17) is 5.11 Å². The first kappa shape index (κ1) is 11.2. The average molecular weight is 222 g/mol. The van der Waals surface area contributed by atoms with Gasteiger partial charge in [0.2, 0.25) is 0 Å². The third-order valence-corrected chi connectivity index (χ3v) is 1.64. The lowest BCUT2D eigenvalue weighted by Gasteiger charge is -2.05. The second-order valence-electron chi connectivity index (χ2n) is 2.47. The number of hydrogen-bond acceptors (Lipinski definition) is 2. The topological polar surface area (TPSA) is 54.4 Å². The number of carbonyl (C=O) groups is 2. The SMILES string of the molecule is O=Cc1c(F)c(F)c(F)c(F)c1C(=O)O. The number of aromatic carboxylic acids is 1. The summed E-state index contributed by atoms with van der Waals surface area (Å²) < 4.78 is 50.7. The van der Waals surface area contributed by atoms with E-state index in [9.17, 15) is 27.2 Å².